The molecule has 0 fully saturated rings. The number of alkyl halides is 1. The fourth-order valence-corrected chi connectivity index (χ4v) is 3.80. The maximum absolute atomic E-state index is 3.88. The summed E-state index contributed by atoms with van der Waals surface area (Å²) in [7, 11) is 0. The van der Waals surface area contributed by atoms with E-state index in [-0.39, 0.29) is 0 Å². The van der Waals surface area contributed by atoms with E-state index in [1.807, 2.05) is 0 Å². The third kappa shape index (κ3) is 4.76. The average Bonchev–Trinajstić information content (AvgIpc) is 2.27. The van der Waals surface area contributed by atoms with Crippen LogP contribution >= 0.6 is 15.9 Å². The smallest absolute Gasteiger partial charge is 0.0400 e. The van der Waals surface area contributed by atoms with E-state index in [9.17, 15) is 0 Å². The summed E-state index contributed by atoms with van der Waals surface area (Å²) < 4.78 is 0. The molecule has 0 heterocycles. The van der Waals surface area contributed by atoms with Crippen LogP contribution < -0.4 is 0 Å². The first kappa shape index (κ1) is 15.8. The Morgan fingerprint density at radius 2 is 1.50 bits per heavy atom. The molecule has 0 saturated heterocycles. The molecule has 0 aliphatic rings. The second kappa shape index (κ2) is 7.99. The number of halogens is 1. The second-order valence-corrected chi connectivity index (χ2v) is 6.59. The molecule has 0 aliphatic carbocycles. The molecule has 102 valence electrons. The van der Waals surface area contributed by atoms with E-state index in [4.69, 9.17) is 0 Å². The molecule has 0 spiro atoms. The highest BCUT2D eigenvalue weighted by atomic mass is 79.9. The van der Waals surface area contributed by atoms with Gasteiger partial charge in [-0.05, 0) is 43.9 Å². The highest BCUT2D eigenvalue weighted by molar-refractivity contribution is 9.09. The number of aryl methyl sites for hydroxylation is 3. The molecule has 1 rings (SSSR count). The van der Waals surface area contributed by atoms with Crippen LogP contribution in [0.15, 0.2) is 12.1 Å². The van der Waals surface area contributed by atoms with E-state index in [1.54, 1.807) is 0 Å². The summed E-state index contributed by atoms with van der Waals surface area (Å²) in [6.45, 7) is 8.92. The number of hydrogen-bond acceptors (Lipinski definition) is 0. The molecule has 1 aromatic rings. The van der Waals surface area contributed by atoms with E-state index < -0.39 is 0 Å². The van der Waals surface area contributed by atoms with Crippen LogP contribution in [0.3, 0.4) is 0 Å². The number of hydrogen-bond donors (Lipinski definition) is 0. The standard InChI is InChI=1S/C17H27Br/c1-5-6-7-8-9-10-16(18)17-14(3)11-13(2)12-15(17)4/h11-12,16H,5-10H2,1-4H3. The Morgan fingerprint density at radius 1 is 0.944 bits per heavy atom. The molecular weight excluding hydrogens is 284 g/mol. The first-order valence-corrected chi connectivity index (χ1v) is 8.19. The Balaban J connectivity index is 2.53. The number of rotatable bonds is 7. The average molecular weight is 311 g/mol. The lowest BCUT2D eigenvalue weighted by Gasteiger charge is -2.17. The summed E-state index contributed by atoms with van der Waals surface area (Å²) in [6, 6.07) is 4.60. The SMILES string of the molecule is CCCCCCCC(Br)c1c(C)cc(C)cc1C. The second-order valence-electron chi connectivity index (χ2n) is 5.48. The Bertz CT molecular complexity index is 345. The van der Waals surface area contributed by atoms with Gasteiger partial charge in [0.05, 0.1) is 0 Å². The maximum Gasteiger partial charge on any atom is 0.0400 e. The molecule has 0 saturated carbocycles. The van der Waals surface area contributed by atoms with Gasteiger partial charge in [0, 0.05) is 4.83 Å². The van der Waals surface area contributed by atoms with Gasteiger partial charge in [-0.3, -0.25) is 0 Å². The van der Waals surface area contributed by atoms with E-state index in [1.165, 1.54) is 60.8 Å². The molecule has 0 aliphatic heterocycles. The Morgan fingerprint density at radius 3 is 2.06 bits per heavy atom. The van der Waals surface area contributed by atoms with E-state index in [0.717, 1.165) is 0 Å². The van der Waals surface area contributed by atoms with Crippen LogP contribution in [0.4, 0.5) is 0 Å². The Labute approximate surface area is 121 Å². The fourth-order valence-electron chi connectivity index (χ4n) is 2.76. The predicted molar refractivity (Wildman–Crippen MR) is 85.7 cm³/mol. The minimum atomic E-state index is 0.528. The van der Waals surface area contributed by atoms with Gasteiger partial charge in [0.2, 0.25) is 0 Å². The lowest BCUT2D eigenvalue weighted by molar-refractivity contribution is 0.605. The molecule has 0 nitrogen and oxygen atoms in total. The number of unbranched alkanes of at least 4 members (excludes halogenated alkanes) is 4. The lowest BCUT2D eigenvalue weighted by atomic mass is 9.95. The summed E-state index contributed by atoms with van der Waals surface area (Å²) in [5, 5.41) is 0. The molecule has 0 amide bonds. The van der Waals surface area contributed by atoms with Crippen LogP contribution in [0.1, 0.15) is 72.5 Å². The summed E-state index contributed by atoms with van der Waals surface area (Å²) in [5.41, 5.74) is 5.75. The molecule has 1 aromatic carbocycles. The van der Waals surface area contributed by atoms with Crippen molar-refractivity contribution in [2.45, 2.75) is 71.0 Å². The molecule has 1 heteroatoms. The third-order valence-electron chi connectivity index (χ3n) is 3.61. The van der Waals surface area contributed by atoms with Crippen LogP contribution in [0.2, 0.25) is 0 Å². The van der Waals surface area contributed by atoms with Crippen molar-refractivity contribution in [3.8, 4) is 0 Å². The summed E-state index contributed by atoms with van der Waals surface area (Å²) in [4.78, 5) is 0.528. The molecule has 0 N–H and O–H groups in total. The molecule has 0 radical (unpaired) electrons. The van der Waals surface area contributed by atoms with Crippen molar-refractivity contribution in [3.05, 3.63) is 34.4 Å². The summed E-state index contributed by atoms with van der Waals surface area (Å²) in [6.07, 6.45) is 8.07. The van der Waals surface area contributed by atoms with Crippen LogP contribution in [0.5, 0.6) is 0 Å². The zero-order chi connectivity index (χ0) is 13.5. The van der Waals surface area contributed by atoms with Crippen molar-refractivity contribution in [2.24, 2.45) is 0 Å². The molecule has 1 atom stereocenters. The summed E-state index contributed by atoms with van der Waals surface area (Å²) in [5.74, 6) is 0. The van der Waals surface area contributed by atoms with Crippen LogP contribution in [-0.2, 0) is 0 Å². The largest absolute Gasteiger partial charge is 0.0839 e. The third-order valence-corrected chi connectivity index (χ3v) is 4.53. The highest BCUT2D eigenvalue weighted by Gasteiger charge is 2.13. The fraction of sp³-hybridized carbons (Fsp3) is 0.647. The topological polar surface area (TPSA) is 0 Å². The molecule has 0 bridgehead atoms. The minimum Gasteiger partial charge on any atom is -0.0839 e. The van der Waals surface area contributed by atoms with Gasteiger partial charge in [0.1, 0.15) is 0 Å². The molecule has 1 unspecified atom stereocenters. The van der Waals surface area contributed by atoms with Gasteiger partial charge in [-0.25, -0.2) is 0 Å². The van der Waals surface area contributed by atoms with Crippen molar-refractivity contribution in [1.82, 2.24) is 0 Å². The molecular formula is C17H27Br. The lowest BCUT2D eigenvalue weighted by Crippen LogP contribution is -1.98. The van der Waals surface area contributed by atoms with Gasteiger partial charge >= 0.3 is 0 Å². The van der Waals surface area contributed by atoms with Gasteiger partial charge in [-0.2, -0.15) is 0 Å². The molecule has 18 heavy (non-hydrogen) atoms. The highest BCUT2D eigenvalue weighted by Crippen LogP contribution is 2.34. The minimum absolute atomic E-state index is 0.528. The van der Waals surface area contributed by atoms with Crippen molar-refractivity contribution >= 4 is 15.9 Å². The van der Waals surface area contributed by atoms with E-state index in [0.29, 0.717) is 4.83 Å². The maximum atomic E-state index is 3.88. The quantitative estimate of drug-likeness (QED) is 0.403. The predicted octanol–water partition coefficient (Wildman–Crippen LogP) is 6.41. The van der Waals surface area contributed by atoms with E-state index in [2.05, 4.69) is 55.8 Å². The van der Waals surface area contributed by atoms with Crippen LogP contribution in [0.25, 0.3) is 0 Å². The normalized spacial score (nSPS) is 12.7. The van der Waals surface area contributed by atoms with Crippen molar-refractivity contribution in [3.63, 3.8) is 0 Å². The van der Waals surface area contributed by atoms with Crippen LogP contribution in [0, 0.1) is 20.8 Å². The van der Waals surface area contributed by atoms with Crippen molar-refractivity contribution in [2.75, 3.05) is 0 Å². The van der Waals surface area contributed by atoms with Gasteiger partial charge in [-0.1, -0.05) is 72.7 Å². The van der Waals surface area contributed by atoms with Crippen molar-refractivity contribution in [1.29, 1.82) is 0 Å². The first-order chi connectivity index (χ1) is 8.56. The summed E-state index contributed by atoms with van der Waals surface area (Å²) >= 11 is 3.88. The van der Waals surface area contributed by atoms with E-state index >= 15 is 0 Å². The Kier molecular flexibility index (Phi) is 6.99. The molecule has 0 aromatic heterocycles. The van der Waals surface area contributed by atoms with Crippen molar-refractivity contribution < 1.29 is 0 Å². The van der Waals surface area contributed by atoms with Gasteiger partial charge in [-0.15, -0.1) is 0 Å². The Hall–Kier alpha value is -0.300. The monoisotopic (exact) mass is 310 g/mol. The van der Waals surface area contributed by atoms with Gasteiger partial charge < -0.3 is 0 Å². The first-order valence-electron chi connectivity index (χ1n) is 7.28. The van der Waals surface area contributed by atoms with Crippen LogP contribution in [-0.4, -0.2) is 0 Å². The number of benzene rings is 1. The zero-order valence-electron chi connectivity index (χ0n) is 12.4. The zero-order valence-corrected chi connectivity index (χ0v) is 13.9. The van der Waals surface area contributed by atoms with Gasteiger partial charge in [0.15, 0.2) is 0 Å². The van der Waals surface area contributed by atoms with Gasteiger partial charge in [0.25, 0.3) is 0 Å².